The number of amides is 3. The molecule has 9 heterocycles. The number of carbonyl (C=O) groups excluding carboxylic acids is 3. The van der Waals surface area contributed by atoms with Crippen LogP contribution in [0.4, 0.5) is 0 Å². The Morgan fingerprint density at radius 3 is 1.02 bits per heavy atom. The summed E-state index contributed by atoms with van der Waals surface area (Å²) in [5, 5.41) is 283. The van der Waals surface area contributed by atoms with E-state index >= 15 is 0 Å². The van der Waals surface area contributed by atoms with Crippen molar-refractivity contribution < 1.29 is 223 Å². The first-order valence-electron chi connectivity index (χ1n) is 34.5. The molecule has 0 aromatic carbocycles. The molecule has 48 heteroatoms. The zero-order valence-electron chi connectivity index (χ0n) is 58.0. The summed E-state index contributed by atoms with van der Waals surface area (Å²) >= 11 is 0. The van der Waals surface area contributed by atoms with Gasteiger partial charge in [-0.15, -0.1) is 0 Å². The second-order valence-corrected chi connectivity index (χ2v) is 27.5. The van der Waals surface area contributed by atoms with Crippen LogP contribution in [-0.2, 0) is 94.9 Å². The highest BCUT2D eigenvalue weighted by Crippen LogP contribution is 2.39. The Bertz CT molecular complexity index is 2820. The molecule has 3 amide bonds. The molecular weight excluding hydrogens is 1480 g/mol. The van der Waals surface area contributed by atoms with Crippen molar-refractivity contribution >= 4 is 17.7 Å². The third kappa shape index (κ3) is 19.3. The minimum atomic E-state index is -2.55. The van der Waals surface area contributed by atoms with E-state index in [1.165, 1.54) is 6.92 Å². The summed E-state index contributed by atoms with van der Waals surface area (Å²) in [6, 6.07) is -5.63. The lowest BCUT2D eigenvalue weighted by Gasteiger charge is -2.51. The van der Waals surface area contributed by atoms with E-state index in [0.29, 0.717) is 0 Å². The third-order valence-electron chi connectivity index (χ3n) is 19.9. The van der Waals surface area contributed by atoms with Crippen LogP contribution in [-0.4, -0.2) is 474 Å². The highest BCUT2D eigenvalue weighted by atomic mass is 16.8. The van der Waals surface area contributed by atoms with Crippen molar-refractivity contribution in [1.29, 1.82) is 0 Å². The van der Waals surface area contributed by atoms with E-state index < -0.39 is 347 Å². The number of aliphatic hydroxyl groups excluding tert-OH is 25. The highest BCUT2D eigenvalue weighted by molar-refractivity contribution is 5.74. The summed E-state index contributed by atoms with van der Waals surface area (Å²) in [7, 11) is 0. The van der Waals surface area contributed by atoms with Gasteiger partial charge in [0.05, 0.1) is 59.0 Å². The first-order chi connectivity index (χ1) is 51.0. The molecular formula is C60H101N3O45. The largest absolute Gasteiger partial charge is 0.394 e. The molecule has 9 aliphatic rings. The standard InChI is InChI=1S/C60H101N3O45/c1-13-28(73)37(82)41(86)55(94-13)93-12-24-48(34(79)25(52(91)95-24)61-14(2)70)103-53-26(62-15(3)71)35(80)47(22(10-69)100-53)105-59-45(90)50(33(78)23(102-59)11-92-56-44(89)49(32(77)20(8-67)96-56)106-58-43(88)39(84)30(75)18(6-65)98-58)107-60-51(40(85)31(76)19(7-66)99-60)108-54-27(63-16(4)72)36(81)46(21(9-68)101-54)104-57-42(87)38(83)29(74)17(5-64)97-57/h13,17-60,64-69,73-91H,5-12H2,1-4H3,(H,61,70)(H,62,71)(H,63,72)/t13-,17-,18-,19-,20-,21-,22-,23-,24-,25-,26-,27-,28+,29+,30-,31-,32-,33-,34-,35-,36-,37+,38+,39+,40+,41-,42-,43+,44+,45+,46-,47-,48-,49+,50+,51+,52+,53+,54+,55-,56+,57+,58-,59+,60-/m1/s1. The molecule has 626 valence electrons. The maximum absolute atomic E-state index is 13.1. The van der Waals surface area contributed by atoms with Crippen LogP contribution in [0.2, 0.25) is 0 Å². The van der Waals surface area contributed by atoms with Gasteiger partial charge >= 0.3 is 0 Å². The molecule has 0 aromatic heterocycles. The van der Waals surface area contributed by atoms with E-state index in [4.69, 9.17) is 80.5 Å². The molecule has 9 fully saturated rings. The van der Waals surface area contributed by atoms with Crippen molar-refractivity contribution in [3.63, 3.8) is 0 Å². The lowest BCUT2D eigenvalue weighted by atomic mass is 9.93. The molecule has 45 atom stereocenters. The van der Waals surface area contributed by atoms with Gasteiger partial charge < -0.3 is 224 Å². The van der Waals surface area contributed by atoms with Crippen LogP contribution >= 0.6 is 0 Å². The van der Waals surface area contributed by atoms with E-state index in [1.807, 2.05) is 0 Å². The fourth-order valence-electron chi connectivity index (χ4n) is 13.9. The number of nitrogens with one attached hydrogen (secondary N) is 3. The Balaban J connectivity index is 1.03. The Hall–Kier alpha value is -3.27. The van der Waals surface area contributed by atoms with E-state index in [1.54, 1.807) is 0 Å². The lowest BCUT2D eigenvalue weighted by Crippen LogP contribution is -2.71. The number of aliphatic hydroxyl groups is 25. The van der Waals surface area contributed by atoms with Gasteiger partial charge in [0.15, 0.2) is 56.6 Å². The fourth-order valence-corrected chi connectivity index (χ4v) is 13.9. The van der Waals surface area contributed by atoms with Crippen LogP contribution in [0, 0.1) is 0 Å². The molecule has 0 spiro atoms. The third-order valence-corrected chi connectivity index (χ3v) is 19.9. The Labute approximate surface area is 611 Å². The first kappa shape index (κ1) is 88.7. The molecule has 9 rings (SSSR count). The van der Waals surface area contributed by atoms with E-state index in [2.05, 4.69) is 16.0 Å². The average molecular weight is 1580 g/mol. The second kappa shape index (κ2) is 38.5. The Morgan fingerprint density at radius 2 is 0.556 bits per heavy atom. The molecule has 28 N–H and O–H groups in total. The van der Waals surface area contributed by atoms with Crippen molar-refractivity contribution in [2.75, 3.05) is 52.9 Å². The predicted octanol–water partition coefficient (Wildman–Crippen LogP) is -19.2. The van der Waals surface area contributed by atoms with Crippen LogP contribution in [0.15, 0.2) is 0 Å². The molecule has 48 nitrogen and oxygen atoms in total. The van der Waals surface area contributed by atoms with Gasteiger partial charge in [-0.1, -0.05) is 0 Å². The zero-order chi connectivity index (χ0) is 79.5. The van der Waals surface area contributed by atoms with Gasteiger partial charge in [-0.2, -0.15) is 0 Å². The van der Waals surface area contributed by atoms with E-state index in [0.717, 1.165) is 20.8 Å². The highest BCUT2D eigenvalue weighted by Gasteiger charge is 2.60. The molecule has 108 heavy (non-hydrogen) atoms. The predicted molar refractivity (Wildman–Crippen MR) is 330 cm³/mol. The zero-order valence-corrected chi connectivity index (χ0v) is 58.0. The summed E-state index contributed by atoms with van der Waals surface area (Å²) in [5.74, 6) is -2.73. The van der Waals surface area contributed by atoms with Crippen LogP contribution < -0.4 is 16.0 Å². The van der Waals surface area contributed by atoms with Gasteiger partial charge in [-0.25, -0.2) is 0 Å². The topological polar surface area (TPSA) is 750 Å². The first-order valence-corrected chi connectivity index (χ1v) is 34.5. The van der Waals surface area contributed by atoms with Crippen LogP contribution in [0.3, 0.4) is 0 Å². The van der Waals surface area contributed by atoms with Crippen molar-refractivity contribution in [3.8, 4) is 0 Å². The molecule has 0 saturated carbocycles. The monoisotopic (exact) mass is 1580 g/mol. The second-order valence-electron chi connectivity index (χ2n) is 27.5. The van der Waals surface area contributed by atoms with E-state index in [-0.39, 0.29) is 0 Å². The number of ether oxygens (including phenoxy) is 17. The number of hydrogen-bond donors (Lipinski definition) is 28. The summed E-state index contributed by atoms with van der Waals surface area (Å²) in [4.78, 5) is 38.4. The minimum absolute atomic E-state index is 0.823. The average Bonchev–Trinajstić information content (AvgIpc) is 0.768. The molecule has 0 unspecified atom stereocenters. The lowest BCUT2D eigenvalue weighted by molar-refractivity contribution is -0.398. The van der Waals surface area contributed by atoms with Gasteiger partial charge in [-0.05, 0) is 6.92 Å². The summed E-state index contributed by atoms with van der Waals surface area (Å²) < 4.78 is 99.6. The van der Waals surface area contributed by atoms with Gasteiger partial charge in [-0.3, -0.25) is 14.4 Å². The smallest absolute Gasteiger partial charge is 0.217 e. The van der Waals surface area contributed by atoms with Gasteiger partial charge in [0, 0.05) is 20.8 Å². The summed E-state index contributed by atoms with van der Waals surface area (Å²) in [5.41, 5.74) is 0. The maximum Gasteiger partial charge on any atom is 0.217 e. The molecule has 0 radical (unpaired) electrons. The number of carbonyl (C=O) groups is 3. The number of rotatable bonds is 27. The van der Waals surface area contributed by atoms with Gasteiger partial charge in [0.2, 0.25) is 17.7 Å². The maximum atomic E-state index is 13.1. The number of hydrogen-bond acceptors (Lipinski definition) is 45. The van der Waals surface area contributed by atoms with Crippen molar-refractivity contribution in [1.82, 2.24) is 16.0 Å². The summed E-state index contributed by atoms with van der Waals surface area (Å²) in [6.07, 6.45) is -85.2. The normalized spacial score (nSPS) is 50.4. The van der Waals surface area contributed by atoms with Crippen molar-refractivity contribution in [2.24, 2.45) is 0 Å². The molecule has 9 saturated heterocycles. The molecule has 9 aliphatic heterocycles. The van der Waals surface area contributed by atoms with Crippen LogP contribution in [0.1, 0.15) is 27.7 Å². The van der Waals surface area contributed by atoms with E-state index in [9.17, 15) is 142 Å². The Kier molecular flexibility index (Phi) is 31.6. The quantitative estimate of drug-likeness (QED) is 0.0363. The minimum Gasteiger partial charge on any atom is -0.394 e. The molecule has 0 aliphatic carbocycles. The molecule has 0 bridgehead atoms. The van der Waals surface area contributed by atoms with Gasteiger partial charge in [0.25, 0.3) is 0 Å². The van der Waals surface area contributed by atoms with Crippen molar-refractivity contribution in [2.45, 2.75) is 304 Å². The van der Waals surface area contributed by atoms with Crippen LogP contribution in [0.25, 0.3) is 0 Å². The molecule has 0 aromatic rings. The van der Waals surface area contributed by atoms with Crippen molar-refractivity contribution in [3.05, 3.63) is 0 Å². The Morgan fingerprint density at radius 1 is 0.259 bits per heavy atom. The van der Waals surface area contributed by atoms with Crippen LogP contribution in [0.5, 0.6) is 0 Å². The fraction of sp³-hybridized carbons (Fsp3) is 0.950. The summed E-state index contributed by atoms with van der Waals surface area (Å²) in [6.45, 7) is -4.26. The van der Waals surface area contributed by atoms with Gasteiger partial charge in [0.1, 0.15) is 213 Å². The SMILES string of the molecule is CC(=O)N[C@@H]1[C@@H](O)[C@H](O[C@@H]2O[C@H](CO)[C@@H](O[C@@H]3O[C@H](CO[C@H]4O[C@H](CO)[C@@H](O)[C@H](O[C@H]5O[C@H](CO)[C@@H](O)[C@H](O)[C@@H]5O)[C@@H]4O)[C@@H](O)[C@H](O[C@H]4O[C@H](CO)[C@@H](O)[C@H](O)[C@@H]4O[C@@H]4O[C@H](CO)[C@@H](O[C@@H]5O[C@H](CO)[C@H](O)[C@H](O)[C@H]5O)[C@H](O)[C@H]4NC(C)=O)[C@@H]3O)[C@H](O)[C@H]2NC(C)=O)[C@@H](CO[C@@H]2O[C@H](C)[C@H](O)[C@H](O)[C@H]2O)O[C@@H]1O.